The molecule has 1 rings (SSSR count). The van der Waals surface area contributed by atoms with Crippen molar-refractivity contribution in [2.24, 2.45) is 0 Å². The summed E-state index contributed by atoms with van der Waals surface area (Å²) in [7, 11) is 0. The Bertz CT molecular complexity index is 206. The van der Waals surface area contributed by atoms with Crippen LogP contribution in [0.2, 0.25) is 0 Å². The molecule has 1 saturated heterocycles. The van der Waals surface area contributed by atoms with Gasteiger partial charge >= 0.3 is 5.97 Å². The van der Waals surface area contributed by atoms with Crippen molar-refractivity contribution >= 4 is 11.9 Å². The van der Waals surface area contributed by atoms with E-state index in [1.165, 1.54) is 11.8 Å². The topological polar surface area (TPSA) is 66.8 Å². The van der Waals surface area contributed by atoms with Crippen LogP contribution in [-0.4, -0.2) is 47.2 Å². The average Bonchev–Trinajstić information content (AvgIpc) is 2.03. The zero-order valence-corrected chi connectivity index (χ0v) is 7.69. The Balaban J connectivity index is 2.62. The number of hydrogen-bond donors (Lipinski definition) is 1. The highest BCUT2D eigenvalue weighted by molar-refractivity contribution is 5.77. The van der Waals surface area contributed by atoms with Crippen LogP contribution in [0.1, 0.15) is 13.8 Å². The number of morpholine rings is 1. The summed E-state index contributed by atoms with van der Waals surface area (Å²) in [4.78, 5) is 23.1. The Morgan fingerprint density at radius 3 is 2.54 bits per heavy atom. The van der Waals surface area contributed by atoms with Crippen molar-refractivity contribution in [3.63, 3.8) is 0 Å². The summed E-state index contributed by atoms with van der Waals surface area (Å²) in [6.07, 6.45) is -1.09. The quantitative estimate of drug-likeness (QED) is 0.612. The summed E-state index contributed by atoms with van der Waals surface area (Å²) < 4.78 is 5.13. The number of amides is 1. The summed E-state index contributed by atoms with van der Waals surface area (Å²) in [6.45, 7) is 3.80. The molecule has 74 valence electrons. The van der Waals surface area contributed by atoms with E-state index in [2.05, 4.69) is 0 Å². The number of hydrogen-bond acceptors (Lipinski definition) is 3. The fourth-order valence-corrected chi connectivity index (χ4v) is 1.34. The van der Waals surface area contributed by atoms with Gasteiger partial charge in [0.1, 0.15) is 0 Å². The Labute approximate surface area is 76.3 Å². The van der Waals surface area contributed by atoms with Gasteiger partial charge in [-0.25, -0.2) is 4.79 Å². The van der Waals surface area contributed by atoms with Gasteiger partial charge in [-0.3, -0.25) is 4.79 Å². The molecule has 1 heterocycles. The fourth-order valence-electron chi connectivity index (χ4n) is 1.34. The lowest BCUT2D eigenvalue weighted by Crippen LogP contribution is -2.51. The number of ether oxygens (including phenoxy) is 1. The second kappa shape index (κ2) is 3.74. The van der Waals surface area contributed by atoms with Gasteiger partial charge in [-0.2, -0.15) is 0 Å². The highest BCUT2D eigenvalue weighted by Gasteiger charge is 2.31. The maximum Gasteiger partial charge on any atom is 0.334 e. The molecule has 0 saturated carbocycles. The molecule has 0 aromatic rings. The summed E-state index contributed by atoms with van der Waals surface area (Å²) in [6, 6.07) is 0. The van der Waals surface area contributed by atoms with Crippen LogP contribution in [-0.2, 0) is 14.3 Å². The smallest absolute Gasteiger partial charge is 0.334 e. The molecule has 1 aliphatic heterocycles. The Hall–Kier alpha value is -1.10. The predicted octanol–water partition coefficient (Wildman–Crippen LogP) is -0.293. The van der Waals surface area contributed by atoms with E-state index in [0.29, 0.717) is 6.54 Å². The lowest BCUT2D eigenvalue weighted by molar-refractivity contribution is -0.165. The highest BCUT2D eigenvalue weighted by Crippen LogP contribution is 2.11. The number of aliphatic carboxylic acids is 1. The molecule has 0 aromatic carbocycles. The Morgan fingerprint density at radius 1 is 1.46 bits per heavy atom. The molecule has 5 heteroatoms. The van der Waals surface area contributed by atoms with Crippen molar-refractivity contribution in [1.82, 2.24) is 4.90 Å². The van der Waals surface area contributed by atoms with Crippen LogP contribution < -0.4 is 0 Å². The number of carbonyl (C=O) groups excluding carboxylic acids is 1. The maximum absolute atomic E-state index is 11.0. The molecule has 1 aliphatic rings. The lowest BCUT2D eigenvalue weighted by atomic mass is 10.2. The van der Waals surface area contributed by atoms with Gasteiger partial charge in [-0.1, -0.05) is 0 Å². The van der Waals surface area contributed by atoms with Crippen LogP contribution in [0.3, 0.4) is 0 Å². The number of carboxylic acids is 1. The maximum atomic E-state index is 11.0. The van der Waals surface area contributed by atoms with E-state index < -0.39 is 12.1 Å². The molecular formula is C8H13NO4. The number of nitrogens with zero attached hydrogens (tertiary/aromatic N) is 1. The number of rotatable bonds is 1. The first-order chi connectivity index (χ1) is 6.00. The van der Waals surface area contributed by atoms with Gasteiger partial charge in [0.2, 0.25) is 5.91 Å². The molecule has 1 fully saturated rings. The molecule has 0 aliphatic carbocycles. The molecule has 0 bridgehead atoms. The minimum Gasteiger partial charge on any atom is -0.479 e. The van der Waals surface area contributed by atoms with Crippen LogP contribution in [0.5, 0.6) is 0 Å². The first-order valence-electron chi connectivity index (χ1n) is 4.14. The van der Waals surface area contributed by atoms with E-state index in [4.69, 9.17) is 9.84 Å². The van der Waals surface area contributed by atoms with Crippen molar-refractivity contribution in [1.29, 1.82) is 0 Å². The van der Waals surface area contributed by atoms with Crippen molar-refractivity contribution in [3.8, 4) is 0 Å². The monoisotopic (exact) mass is 187 g/mol. The summed E-state index contributed by atoms with van der Waals surface area (Å²) in [5, 5.41) is 8.69. The van der Waals surface area contributed by atoms with Gasteiger partial charge in [0.25, 0.3) is 0 Å². The summed E-state index contributed by atoms with van der Waals surface area (Å²) >= 11 is 0. The zero-order valence-electron chi connectivity index (χ0n) is 7.69. The van der Waals surface area contributed by atoms with Gasteiger partial charge in [0, 0.05) is 13.5 Å². The van der Waals surface area contributed by atoms with Crippen molar-refractivity contribution in [3.05, 3.63) is 0 Å². The lowest BCUT2D eigenvalue weighted by Gasteiger charge is -2.34. The highest BCUT2D eigenvalue weighted by atomic mass is 16.5. The third-order valence-electron chi connectivity index (χ3n) is 1.98. The standard InChI is InChI=1S/C8H13NO4/c1-5-3-9(6(2)10)4-7(13-5)8(11)12/h5,7H,3-4H2,1-2H3,(H,11,12)/t5-,7+/m1/s1. The van der Waals surface area contributed by atoms with Gasteiger partial charge in [0.05, 0.1) is 12.6 Å². The normalized spacial score (nSPS) is 28.6. The van der Waals surface area contributed by atoms with Gasteiger partial charge in [0.15, 0.2) is 6.10 Å². The van der Waals surface area contributed by atoms with Crippen molar-refractivity contribution in [2.75, 3.05) is 13.1 Å². The minimum absolute atomic E-state index is 0.110. The number of carbonyl (C=O) groups is 2. The molecule has 1 N–H and O–H groups in total. The Morgan fingerprint density at radius 2 is 2.08 bits per heavy atom. The van der Waals surface area contributed by atoms with E-state index in [-0.39, 0.29) is 18.6 Å². The molecule has 0 unspecified atom stereocenters. The van der Waals surface area contributed by atoms with E-state index >= 15 is 0 Å². The van der Waals surface area contributed by atoms with Crippen LogP contribution in [0, 0.1) is 0 Å². The predicted molar refractivity (Wildman–Crippen MR) is 44.2 cm³/mol. The van der Waals surface area contributed by atoms with Crippen LogP contribution >= 0.6 is 0 Å². The molecule has 2 atom stereocenters. The molecule has 0 spiro atoms. The van der Waals surface area contributed by atoms with Gasteiger partial charge in [-0.05, 0) is 6.92 Å². The van der Waals surface area contributed by atoms with Crippen molar-refractivity contribution in [2.45, 2.75) is 26.1 Å². The number of carboxylic acid groups (broad SMARTS) is 1. The van der Waals surface area contributed by atoms with Gasteiger partial charge in [-0.15, -0.1) is 0 Å². The molecule has 13 heavy (non-hydrogen) atoms. The molecule has 0 aromatic heterocycles. The first kappa shape index (κ1) is 9.98. The van der Waals surface area contributed by atoms with Crippen LogP contribution in [0.25, 0.3) is 0 Å². The third kappa shape index (κ3) is 2.42. The van der Waals surface area contributed by atoms with E-state index in [9.17, 15) is 9.59 Å². The fraction of sp³-hybridized carbons (Fsp3) is 0.750. The third-order valence-corrected chi connectivity index (χ3v) is 1.98. The van der Waals surface area contributed by atoms with E-state index in [1.807, 2.05) is 0 Å². The molecular weight excluding hydrogens is 174 g/mol. The largest absolute Gasteiger partial charge is 0.479 e. The molecule has 1 amide bonds. The first-order valence-corrected chi connectivity index (χ1v) is 4.14. The summed E-state index contributed by atoms with van der Waals surface area (Å²) in [5.74, 6) is -1.13. The second-order valence-corrected chi connectivity index (χ2v) is 3.20. The van der Waals surface area contributed by atoms with E-state index in [0.717, 1.165) is 0 Å². The van der Waals surface area contributed by atoms with E-state index in [1.54, 1.807) is 6.92 Å². The second-order valence-electron chi connectivity index (χ2n) is 3.20. The Kier molecular flexibility index (Phi) is 2.87. The van der Waals surface area contributed by atoms with Crippen LogP contribution in [0.4, 0.5) is 0 Å². The summed E-state index contributed by atoms with van der Waals surface area (Å²) in [5.41, 5.74) is 0. The minimum atomic E-state index is -1.02. The van der Waals surface area contributed by atoms with Crippen molar-refractivity contribution < 1.29 is 19.4 Å². The average molecular weight is 187 g/mol. The SMILES string of the molecule is CC(=O)N1C[C@@H](C)O[C@H](C(=O)O)C1. The van der Waals surface area contributed by atoms with Gasteiger partial charge < -0.3 is 14.7 Å². The van der Waals surface area contributed by atoms with Crippen LogP contribution in [0.15, 0.2) is 0 Å². The molecule has 0 radical (unpaired) electrons. The molecule has 5 nitrogen and oxygen atoms in total. The zero-order chi connectivity index (χ0) is 10.0.